The molecule has 3 N–H and O–H groups in total. The Bertz CT molecular complexity index is 438. The third-order valence-electron chi connectivity index (χ3n) is 3.14. The van der Waals surface area contributed by atoms with E-state index in [1.807, 2.05) is 6.92 Å². The minimum atomic E-state index is -0.0159. The SMILES string of the molecule is CCCCC(CN)NC(=O)c1sc(C)nc1CC(C)C.Cl.Cl. The lowest BCUT2D eigenvalue weighted by Crippen LogP contribution is -2.40. The number of aryl methyl sites for hydroxylation is 1. The van der Waals surface area contributed by atoms with Crippen LogP contribution in [0.5, 0.6) is 0 Å². The van der Waals surface area contributed by atoms with Crippen molar-refractivity contribution in [2.75, 3.05) is 6.54 Å². The maximum absolute atomic E-state index is 12.4. The van der Waals surface area contributed by atoms with E-state index in [9.17, 15) is 4.79 Å². The van der Waals surface area contributed by atoms with Gasteiger partial charge in [0.1, 0.15) is 4.88 Å². The lowest BCUT2D eigenvalue weighted by Gasteiger charge is -2.16. The number of carbonyl (C=O) groups is 1. The minimum Gasteiger partial charge on any atom is -0.347 e. The first-order chi connectivity index (χ1) is 9.47. The fourth-order valence-corrected chi connectivity index (χ4v) is 2.97. The number of nitrogens with one attached hydrogen (secondary N) is 1. The Balaban J connectivity index is 0. The summed E-state index contributed by atoms with van der Waals surface area (Å²) in [5.74, 6) is 0.478. The molecule has 130 valence electrons. The molecule has 0 fully saturated rings. The average Bonchev–Trinajstić information content (AvgIpc) is 2.74. The molecule has 0 spiro atoms. The zero-order valence-electron chi connectivity index (χ0n) is 13.8. The van der Waals surface area contributed by atoms with Gasteiger partial charge in [0, 0.05) is 12.6 Å². The maximum atomic E-state index is 12.4. The second-order valence-corrected chi connectivity index (χ2v) is 6.86. The van der Waals surface area contributed by atoms with E-state index in [1.165, 1.54) is 11.3 Å². The molecule has 1 atom stereocenters. The second kappa shape index (κ2) is 12.1. The molecule has 1 aromatic heterocycles. The van der Waals surface area contributed by atoms with Crippen LogP contribution in [0.4, 0.5) is 0 Å². The van der Waals surface area contributed by atoms with Gasteiger partial charge in [-0.05, 0) is 25.7 Å². The molecule has 4 nitrogen and oxygen atoms in total. The molecule has 7 heteroatoms. The van der Waals surface area contributed by atoms with Crippen LogP contribution in [0, 0.1) is 12.8 Å². The van der Waals surface area contributed by atoms with Crippen LogP contribution in [0.15, 0.2) is 0 Å². The molecule has 0 aliphatic carbocycles. The number of amides is 1. The topological polar surface area (TPSA) is 68.0 Å². The Morgan fingerprint density at radius 1 is 1.36 bits per heavy atom. The number of rotatable bonds is 8. The second-order valence-electron chi connectivity index (χ2n) is 5.65. The van der Waals surface area contributed by atoms with E-state index in [4.69, 9.17) is 5.73 Å². The Morgan fingerprint density at radius 3 is 2.50 bits per heavy atom. The maximum Gasteiger partial charge on any atom is 0.263 e. The van der Waals surface area contributed by atoms with Crippen molar-refractivity contribution in [1.29, 1.82) is 0 Å². The number of thiazole rings is 1. The van der Waals surface area contributed by atoms with Gasteiger partial charge in [-0.15, -0.1) is 36.2 Å². The molecule has 1 unspecified atom stereocenters. The van der Waals surface area contributed by atoms with Crippen LogP contribution in [0.1, 0.15) is 60.4 Å². The number of nitrogens with zero attached hydrogens (tertiary/aromatic N) is 1. The quantitative estimate of drug-likeness (QED) is 0.732. The smallest absolute Gasteiger partial charge is 0.263 e. The van der Waals surface area contributed by atoms with E-state index >= 15 is 0 Å². The number of unbranched alkanes of at least 4 members (excludes halogenated alkanes) is 1. The number of hydrogen-bond acceptors (Lipinski definition) is 4. The first-order valence-electron chi connectivity index (χ1n) is 7.45. The summed E-state index contributed by atoms with van der Waals surface area (Å²) in [5.41, 5.74) is 6.66. The van der Waals surface area contributed by atoms with Gasteiger partial charge in [-0.1, -0.05) is 33.6 Å². The lowest BCUT2D eigenvalue weighted by molar-refractivity contribution is 0.0938. The van der Waals surface area contributed by atoms with Gasteiger partial charge in [0.15, 0.2) is 0 Å². The van der Waals surface area contributed by atoms with Crippen molar-refractivity contribution in [2.24, 2.45) is 11.7 Å². The van der Waals surface area contributed by atoms with Crippen LogP contribution < -0.4 is 11.1 Å². The van der Waals surface area contributed by atoms with E-state index in [-0.39, 0.29) is 36.8 Å². The Morgan fingerprint density at radius 2 is 2.00 bits per heavy atom. The molecule has 0 bridgehead atoms. The first kappa shape index (κ1) is 23.9. The molecule has 1 amide bonds. The highest BCUT2D eigenvalue weighted by molar-refractivity contribution is 7.13. The summed E-state index contributed by atoms with van der Waals surface area (Å²) in [6, 6.07) is 0.0664. The monoisotopic (exact) mass is 369 g/mol. The molecule has 1 aromatic rings. The third-order valence-corrected chi connectivity index (χ3v) is 4.15. The fraction of sp³-hybridized carbons (Fsp3) is 0.733. The number of nitrogens with two attached hydrogens (primary N) is 1. The third kappa shape index (κ3) is 7.77. The molecule has 0 aliphatic heterocycles. The van der Waals surface area contributed by atoms with Crippen LogP contribution in [-0.2, 0) is 6.42 Å². The van der Waals surface area contributed by atoms with E-state index in [2.05, 4.69) is 31.1 Å². The Hall–Kier alpha value is -0.360. The molecular weight excluding hydrogens is 341 g/mol. The minimum absolute atomic E-state index is 0. The van der Waals surface area contributed by atoms with Gasteiger partial charge in [-0.2, -0.15) is 0 Å². The number of aromatic nitrogens is 1. The van der Waals surface area contributed by atoms with E-state index in [0.717, 1.165) is 41.3 Å². The van der Waals surface area contributed by atoms with E-state index in [1.54, 1.807) is 0 Å². The lowest BCUT2D eigenvalue weighted by atomic mass is 10.1. The number of carbonyl (C=O) groups excluding carboxylic acids is 1. The van der Waals surface area contributed by atoms with Gasteiger partial charge in [0.05, 0.1) is 10.7 Å². The van der Waals surface area contributed by atoms with E-state index < -0.39 is 0 Å². The highest BCUT2D eigenvalue weighted by Gasteiger charge is 2.19. The van der Waals surface area contributed by atoms with Crippen LogP contribution >= 0.6 is 36.2 Å². The Kier molecular flexibility index (Phi) is 13.2. The van der Waals surface area contributed by atoms with Gasteiger partial charge >= 0.3 is 0 Å². The van der Waals surface area contributed by atoms with Crippen LogP contribution in [0.2, 0.25) is 0 Å². The van der Waals surface area contributed by atoms with E-state index in [0.29, 0.717) is 12.5 Å². The summed E-state index contributed by atoms with van der Waals surface area (Å²) in [6.45, 7) is 8.86. The van der Waals surface area contributed by atoms with Crippen molar-refractivity contribution in [3.05, 3.63) is 15.6 Å². The fourth-order valence-electron chi connectivity index (χ4n) is 2.12. The van der Waals surface area contributed by atoms with Crippen LogP contribution in [0.25, 0.3) is 0 Å². The normalized spacial score (nSPS) is 11.5. The molecule has 1 heterocycles. The summed E-state index contributed by atoms with van der Waals surface area (Å²) in [4.78, 5) is 17.6. The zero-order chi connectivity index (χ0) is 15.1. The zero-order valence-corrected chi connectivity index (χ0v) is 16.3. The molecular formula is C15H29Cl2N3OS. The highest BCUT2D eigenvalue weighted by atomic mass is 35.5. The van der Waals surface area contributed by atoms with Crippen molar-refractivity contribution in [3.8, 4) is 0 Å². The molecule has 22 heavy (non-hydrogen) atoms. The average molecular weight is 370 g/mol. The van der Waals surface area contributed by atoms with Gasteiger partial charge in [0.2, 0.25) is 0 Å². The largest absolute Gasteiger partial charge is 0.347 e. The predicted molar refractivity (Wildman–Crippen MR) is 99.7 cm³/mol. The summed E-state index contributed by atoms with van der Waals surface area (Å²) in [6.07, 6.45) is 3.98. The summed E-state index contributed by atoms with van der Waals surface area (Å²) >= 11 is 1.48. The van der Waals surface area contributed by atoms with Gasteiger partial charge in [-0.3, -0.25) is 4.79 Å². The Labute approximate surface area is 150 Å². The predicted octanol–water partition coefficient (Wildman–Crippen LogP) is 3.74. The first-order valence-corrected chi connectivity index (χ1v) is 8.26. The van der Waals surface area contributed by atoms with Crippen molar-refractivity contribution in [2.45, 2.75) is 59.4 Å². The van der Waals surface area contributed by atoms with Gasteiger partial charge < -0.3 is 11.1 Å². The molecule has 1 rings (SSSR count). The van der Waals surface area contributed by atoms with Crippen molar-refractivity contribution < 1.29 is 4.79 Å². The number of halogens is 2. The van der Waals surface area contributed by atoms with Crippen molar-refractivity contribution >= 4 is 42.1 Å². The van der Waals surface area contributed by atoms with Crippen molar-refractivity contribution in [1.82, 2.24) is 10.3 Å². The highest BCUT2D eigenvalue weighted by Crippen LogP contribution is 2.21. The summed E-state index contributed by atoms with van der Waals surface area (Å²) in [7, 11) is 0. The number of hydrogen-bond donors (Lipinski definition) is 2. The van der Waals surface area contributed by atoms with Gasteiger partial charge in [0.25, 0.3) is 5.91 Å². The molecule has 0 saturated heterocycles. The summed E-state index contributed by atoms with van der Waals surface area (Å²) in [5, 5.41) is 4.00. The summed E-state index contributed by atoms with van der Waals surface area (Å²) < 4.78 is 0. The van der Waals surface area contributed by atoms with Crippen LogP contribution in [0.3, 0.4) is 0 Å². The van der Waals surface area contributed by atoms with Crippen LogP contribution in [-0.4, -0.2) is 23.5 Å². The molecule has 0 aliphatic rings. The molecule has 0 saturated carbocycles. The standard InChI is InChI=1S/C15H27N3OS.2ClH/c1-5-6-7-12(9-16)18-15(19)14-13(8-10(2)3)17-11(4)20-14;;/h10,12H,5-9,16H2,1-4H3,(H,18,19);2*1H. The molecule has 0 radical (unpaired) electrons. The molecule has 0 aromatic carbocycles. The van der Waals surface area contributed by atoms with Crippen molar-refractivity contribution in [3.63, 3.8) is 0 Å². The van der Waals surface area contributed by atoms with Gasteiger partial charge in [-0.25, -0.2) is 4.98 Å².